The summed E-state index contributed by atoms with van der Waals surface area (Å²) in [6.45, 7) is 0. The highest BCUT2D eigenvalue weighted by molar-refractivity contribution is 5.76. The number of hydrogen-bond donors (Lipinski definition) is 0. The highest BCUT2D eigenvalue weighted by Crippen LogP contribution is 2.22. The second-order valence-corrected chi connectivity index (χ2v) is 4.92. The first kappa shape index (κ1) is 12.9. The summed E-state index contributed by atoms with van der Waals surface area (Å²) in [6.07, 6.45) is 1.90. The van der Waals surface area contributed by atoms with Crippen LogP contribution in [-0.2, 0) is 0 Å². The zero-order valence-electron chi connectivity index (χ0n) is 11.8. The number of rotatable bonds is 1. The minimum Gasteiger partial charge on any atom is -0.282 e. The van der Waals surface area contributed by atoms with E-state index < -0.39 is 0 Å². The molecule has 6 nitrogen and oxygen atoms in total. The Balaban J connectivity index is 2.03. The van der Waals surface area contributed by atoms with Gasteiger partial charge in [-0.25, -0.2) is 15.0 Å². The van der Waals surface area contributed by atoms with Crippen molar-refractivity contribution < 1.29 is 0 Å². The second-order valence-electron chi connectivity index (χ2n) is 4.92. The first-order valence-electron chi connectivity index (χ1n) is 6.85. The number of nitriles is 2. The minimum atomic E-state index is -0.00770. The van der Waals surface area contributed by atoms with E-state index in [9.17, 15) is 0 Å². The number of pyridine rings is 1. The van der Waals surface area contributed by atoms with Crippen LogP contribution < -0.4 is 0 Å². The summed E-state index contributed by atoms with van der Waals surface area (Å²) in [6, 6.07) is 17.5. The van der Waals surface area contributed by atoms with Crippen LogP contribution in [0.5, 0.6) is 0 Å². The number of nitrogens with zero attached hydrogens (tertiary/aromatic N) is 6. The Morgan fingerprint density at radius 1 is 0.783 bits per heavy atom. The zero-order chi connectivity index (χ0) is 15.8. The van der Waals surface area contributed by atoms with Crippen molar-refractivity contribution in [2.45, 2.75) is 0 Å². The molecule has 0 unspecified atom stereocenters. The average molecular weight is 296 g/mol. The van der Waals surface area contributed by atoms with Crippen molar-refractivity contribution in [2.75, 3.05) is 0 Å². The lowest BCUT2D eigenvalue weighted by atomic mass is 10.1. The molecule has 0 saturated carbocycles. The van der Waals surface area contributed by atoms with Gasteiger partial charge in [-0.15, -0.1) is 0 Å². The Morgan fingerprint density at radius 3 is 2.26 bits per heavy atom. The first-order valence-corrected chi connectivity index (χ1v) is 6.85. The molecular weight excluding hydrogens is 288 g/mol. The fourth-order valence-electron chi connectivity index (χ4n) is 2.47. The van der Waals surface area contributed by atoms with Gasteiger partial charge in [-0.1, -0.05) is 30.3 Å². The predicted octanol–water partition coefficient (Wildman–Crippen LogP) is 2.69. The van der Waals surface area contributed by atoms with Crippen molar-refractivity contribution in [3.05, 3.63) is 60.0 Å². The van der Waals surface area contributed by atoms with Crippen LogP contribution in [0.15, 0.2) is 48.7 Å². The minimum absolute atomic E-state index is 0.00640. The van der Waals surface area contributed by atoms with Gasteiger partial charge in [0.15, 0.2) is 22.7 Å². The van der Waals surface area contributed by atoms with Crippen molar-refractivity contribution in [3.8, 4) is 23.3 Å². The van der Waals surface area contributed by atoms with Crippen molar-refractivity contribution in [3.63, 3.8) is 0 Å². The van der Waals surface area contributed by atoms with Crippen LogP contribution in [0.25, 0.3) is 28.1 Å². The molecule has 6 heteroatoms. The molecule has 0 radical (unpaired) electrons. The molecule has 0 amide bonds. The van der Waals surface area contributed by atoms with Gasteiger partial charge in [0.1, 0.15) is 17.8 Å². The Hall–Kier alpha value is -3.77. The third kappa shape index (κ3) is 1.98. The Kier molecular flexibility index (Phi) is 2.76. The summed E-state index contributed by atoms with van der Waals surface area (Å²) in [5, 5.41) is 18.2. The molecule has 0 fully saturated rings. The van der Waals surface area contributed by atoms with E-state index in [2.05, 4.69) is 15.0 Å². The van der Waals surface area contributed by atoms with Gasteiger partial charge < -0.3 is 0 Å². The van der Waals surface area contributed by atoms with E-state index in [1.54, 1.807) is 4.40 Å². The average Bonchev–Trinajstić information content (AvgIpc) is 2.97. The number of imidazole rings is 1. The zero-order valence-corrected chi connectivity index (χ0v) is 11.8. The smallest absolute Gasteiger partial charge is 0.199 e. The van der Waals surface area contributed by atoms with Crippen LogP contribution >= 0.6 is 0 Å². The highest BCUT2D eigenvalue weighted by Gasteiger charge is 2.13. The van der Waals surface area contributed by atoms with Crippen molar-refractivity contribution in [1.29, 1.82) is 10.5 Å². The fourth-order valence-corrected chi connectivity index (χ4v) is 2.47. The molecule has 0 aliphatic carbocycles. The molecule has 0 saturated heterocycles. The molecule has 4 aromatic rings. The fraction of sp³-hybridized carbons (Fsp3) is 0. The molecule has 0 aliphatic heterocycles. The van der Waals surface area contributed by atoms with E-state index in [0.29, 0.717) is 16.9 Å². The third-order valence-electron chi connectivity index (χ3n) is 3.55. The molecule has 1 aromatic carbocycles. The second kappa shape index (κ2) is 4.90. The maximum atomic E-state index is 9.12. The maximum absolute atomic E-state index is 9.12. The quantitative estimate of drug-likeness (QED) is 0.538. The van der Waals surface area contributed by atoms with Gasteiger partial charge in [0.25, 0.3) is 0 Å². The van der Waals surface area contributed by atoms with Gasteiger partial charge in [0, 0.05) is 6.20 Å². The van der Waals surface area contributed by atoms with Crippen LogP contribution in [0.2, 0.25) is 0 Å². The molecule has 4 rings (SSSR count). The largest absolute Gasteiger partial charge is 0.282 e. The summed E-state index contributed by atoms with van der Waals surface area (Å²) >= 11 is 0. The Bertz CT molecular complexity index is 1130. The van der Waals surface area contributed by atoms with E-state index in [4.69, 9.17) is 10.5 Å². The molecule has 0 atom stereocenters. The summed E-state index contributed by atoms with van der Waals surface area (Å²) in [7, 11) is 0. The normalized spacial score (nSPS) is 10.5. The monoisotopic (exact) mass is 296 g/mol. The Morgan fingerprint density at radius 2 is 1.52 bits per heavy atom. The number of fused-ring (bicyclic) bond motifs is 3. The van der Waals surface area contributed by atoms with Crippen molar-refractivity contribution in [2.24, 2.45) is 0 Å². The van der Waals surface area contributed by atoms with Crippen LogP contribution in [0.3, 0.4) is 0 Å². The molecule has 0 N–H and O–H groups in total. The maximum Gasteiger partial charge on any atom is 0.199 e. The van der Waals surface area contributed by atoms with Gasteiger partial charge >= 0.3 is 0 Å². The van der Waals surface area contributed by atoms with Crippen LogP contribution in [0.4, 0.5) is 0 Å². The van der Waals surface area contributed by atoms with Crippen LogP contribution in [-0.4, -0.2) is 19.4 Å². The molecule has 23 heavy (non-hydrogen) atoms. The molecule has 3 aromatic heterocycles. The topological polar surface area (TPSA) is 90.7 Å². The first-order chi connectivity index (χ1) is 11.3. The van der Waals surface area contributed by atoms with Crippen LogP contribution in [0.1, 0.15) is 11.4 Å². The van der Waals surface area contributed by atoms with Gasteiger partial charge in [-0.05, 0) is 23.3 Å². The van der Waals surface area contributed by atoms with E-state index in [1.807, 2.05) is 60.8 Å². The molecular formula is C17H8N6. The Labute approximate surface area is 130 Å². The third-order valence-corrected chi connectivity index (χ3v) is 3.55. The van der Waals surface area contributed by atoms with Gasteiger partial charge in [0.2, 0.25) is 0 Å². The molecule has 106 valence electrons. The van der Waals surface area contributed by atoms with E-state index in [0.717, 1.165) is 11.1 Å². The lowest BCUT2D eigenvalue weighted by Gasteiger charge is -2.02. The van der Waals surface area contributed by atoms with Crippen molar-refractivity contribution in [1.82, 2.24) is 19.4 Å². The molecule has 0 bridgehead atoms. The lowest BCUT2D eigenvalue weighted by molar-refractivity contribution is 1.14. The predicted molar refractivity (Wildman–Crippen MR) is 83.2 cm³/mol. The van der Waals surface area contributed by atoms with Crippen LogP contribution in [0, 0.1) is 22.7 Å². The summed E-state index contributed by atoms with van der Waals surface area (Å²) in [4.78, 5) is 12.7. The molecule has 3 heterocycles. The standard InChI is InChI=1S/C17H8N6/c18-8-13-14(9-19)21-17-16(20-13)22-15-7-6-12(10-23(15)17)11-4-2-1-3-5-11/h1-7,10H. The van der Waals surface area contributed by atoms with Gasteiger partial charge in [0.05, 0.1) is 0 Å². The summed E-state index contributed by atoms with van der Waals surface area (Å²) in [5.74, 6) is 0. The van der Waals surface area contributed by atoms with E-state index >= 15 is 0 Å². The van der Waals surface area contributed by atoms with Gasteiger partial charge in [-0.3, -0.25) is 4.40 Å². The summed E-state index contributed by atoms with van der Waals surface area (Å²) in [5.41, 5.74) is 3.55. The van der Waals surface area contributed by atoms with E-state index in [1.165, 1.54) is 0 Å². The van der Waals surface area contributed by atoms with Gasteiger partial charge in [-0.2, -0.15) is 10.5 Å². The highest BCUT2D eigenvalue weighted by atomic mass is 15.1. The van der Waals surface area contributed by atoms with E-state index in [-0.39, 0.29) is 11.4 Å². The number of hydrogen-bond acceptors (Lipinski definition) is 5. The number of benzene rings is 1. The number of aromatic nitrogens is 4. The van der Waals surface area contributed by atoms with Crippen molar-refractivity contribution >= 4 is 16.9 Å². The molecule has 0 aliphatic rings. The lowest BCUT2D eigenvalue weighted by Crippen LogP contribution is -1.96. The molecule has 0 spiro atoms. The SMILES string of the molecule is N#Cc1nc2nc3ccc(-c4ccccc4)cn3c2nc1C#N. The summed E-state index contributed by atoms with van der Waals surface area (Å²) < 4.78 is 1.78.